The lowest BCUT2D eigenvalue weighted by Gasteiger charge is -2.12. The van der Waals surface area contributed by atoms with Crippen LogP contribution >= 0.6 is 0 Å². The van der Waals surface area contributed by atoms with E-state index in [1.165, 1.54) is 5.56 Å². The Morgan fingerprint density at radius 2 is 2.06 bits per heavy atom. The summed E-state index contributed by atoms with van der Waals surface area (Å²) in [4.78, 5) is 11.3. The van der Waals surface area contributed by atoms with Crippen molar-refractivity contribution in [3.63, 3.8) is 0 Å². The number of hydrogen-bond donors (Lipinski definition) is 1. The highest BCUT2D eigenvalue weighted by Gasteiger charge is 2.11. The van der Waals surface area contributed by atoms with Crippen LogP contribution in [0.4, 0.5) is 0 Å². The number of aliphatic hydroxyl groups is 1. The van der Waals surface area contributed by atoms with Gasteiger partial charge in [0.25, 0.3) is 0 Å². The van der Waals surface area contributed by atoms with Crippen molar-refractivity contribution in [3.8, 4) is 0 Å². The van der Waals surface area contributed by atoms with Gasteiger partial charge in [-0.05, 0) is 43.4 Å². The minimum atomic E-state index is -0.599. The first-order valence-electron chi connectivity index (χ1n) is 6.45. The first kappa shape index (κ1) is 14.7. The maximum Gasteiger partial charge on any atom is 0.305 e. The Labute approximate surface area is 109 Å². The van der Waals surface area contributed by atoms with Gasteiger partial charge in [0.05, 0.1) is 12.7 Å². The van der Waals surface area contributed by atoms with Gasteiger partial charge in [0.1, 0.15) is 0 Å². The lowest BCUT2D eigenvalue weighted by atomic mass is 10.00. The van der Waals surface area contributed by atoms with Crippen LogP contribution < -0.4 is 0 Å². The van der Waals surface area contributed by atoms with Crippen LogP contribution in [0.5, 0.6) is 0 Å². The molecule has 0 amide bonds. The van der Waals surface area contributed by atoms with E-state index < -0.39 is 6.10 Å². The average molecular weight is 250 g/mol. The number of ether oxygens (including phenoxy) is 1. The number of benzene rings is 1. The molecule has 0 aliphatic rings. The van der Waals surface area contributed by atoms with E-state index in [1.54, 1.807) is 0 Å². The summed E-state index contributed by atoms with van der Waals surface area (Å²) in [6.45, 7) is 6.46. The van der Waals surface area contributed by atoms with Gasteiger partial charge in [0, 0.05) is 6.42 Å². The van der Waals surface area contributed by atoms with Crippen LogP contribution in [0.2, 0.25) is 0 Å². The zero-order valence-electron chi connectivity index (χ0n) is 11.4. The van der Waals surface area contributed by atoms with Crippen LogP contribution in [0.3, 0.4) is 0 Å². The molecule has 0 fully saturated rings. The van der Waals surface area contributed by atoms with Gasteiger partial charge in [-0.25, -0.2) is 0 Å². The van der Waals surface area contributed by atoms with Crippen LogP contribution in [0.15, 0.2) is 18.2 Å². The molecule has 1 N–H and O–H groups in total. The molecule has 3 nitrogen and oxygen atoms in total. The fourth-order valence-electron chi connectivity index (χ4n) is 1.68. The molecule has 1 unspecified atom stereocenters. The number of carbonyl (C=O) groups is 1. The number of carbonyl (C=O) groups excluding carboxylic acids is 1. The molecule has 1 aromatic carbocycles. The van der Waals surface area contributed by atoms with E-state index in [9.17, 15) is 9.90 Å². The minimum absolute atomic E-state index is 0.236. The summed E-state index contributed by atoms with van der Waals surface area (Å²) < 4.78 is 4.97. The summed E-state index contributed by atoms with van der Waals surface area (Å²) in [5, 5.41) is 10.0. The first-order chi connectivity index (χ1) is 8.54. The summed E-state index contributed by atoms with van der Waals surface area (Å²) in [6, 6.07) is 5.87. The summed E-state index contributed by atoms with van der Waals surface area (Å²) in [5.74, 6) is -0.236. The van der Waals surface area contributed by atoms with E-state index in [4.69, 9.17) is 4.74 Å². The maximum atomic E-state index is 11.3. The Hall–Kier alpha value is -1.35. The molecule has 1 aromatic rings. The fourth-order valence-corrected chi connectivity index (χ4v) is 1.68. The molecule has 3 heteroatoms. The highest BCUT2D eigenvalue weighted by atomic mass is 16.5. The van der Waals surface area contributed by atoms with Crippen LogP contribution in [-0.2, 0) is 9.53 Å². The van der Waals surface area contributed by atoms with Gasteiger partial charge >= 0.3 is 5.97 Å². The molecule has 18 heavy (non-hydrogen) atoms. The van der Waals surface area contributed by atoms with Crippen molar-refractivity contribution in [3.05, 3.63) is 34.9 Å². The second-order valence-corrected chi connectivity index (χ2v) is 4.62. The van der Waals surface area contributed by atoms with Gasteiger partial charge in [-0.15, -0.1) is 0 Å². The molecule has 0 aromatic heterocycles. The van der Waals surface area contributed by atoms with Crippen molar-refractivity contribution >= 4 is 5.97 Å². The molecular formula is C15H22O3. The molecule has 0 saturated carbocycles. The lowest BCUT2D eigenvalue weighted by molar-refractivity contribution is -0.144. The molecule has 0 radical (unpaired) electrons. The van der Waals surface area contributed by atoms with Crippen molar-refractivity contribution in [2.75, 3.05) is 6.61 Å². The number of aryl methyl sites for hydroxylation is 2. The van der Waals surface area contributed by atoms with Gasteiger partial charge in [-0.2, -0.15) is 0 Å². The normalized spacial score (nSPS) is 12.2. The van der Waals surface area contributed by atoms with E-state index in [0.717, 1.165) is 17.5 Å². The summed E-state index contributed by atoms with van der Waals surface area (Å²) in [5.41, 5.74) is 3.22. The van der Waals surface area contributed by atoms with Crippen molar-refractivity contribution < 1.29 is 14.6 Å². The third-order valence-corrected chi connectivity index (χ3v) is 3.00. The Morgan fingerprint density at radius 3 is 2.67 bits per heavy atom. The largest absolute Gasteiger partial charge is 0.466 e. The molecular weight excluding hydrogens is 228 g/mol. The lowest BCUT2D eigenvalue weighted by Crippen LogP contribution is -2.08. The number of esters is 1. The van der Waals surface area contributed by atoms with Crippen molar-refractivity contribution in [1.82, 2.24) is 0 Å². The third kappa shape index (κ3) is 4.49. The third-order valence-electron chi connectivity index (χ3n) is 3.00. The Bertz CT molecular complexity index is 399. The quantitative estimate of drug-likeness (QED) is 0.789. The highest BCUT2D eigenvalue weighted by Crippen LogP contribution is 2.21. The zero-order chi connectivity index (χ0) is 13.5. The van der Waals surface area contributed by atoms with Crippen LogP contribution in [0.1, 0.15) is 49.0 Å². The second-order valence-electron chi connectivity index (χ2n) is 4.62. The molecule has 0 spiro atoms. The molecule has 0 aliphatic heterocycles. The van der Waals surface area contributed by atoms with Crippen LogP contribution in [0.25, 0.3) is 0 Å². The highest BCUT2D eigenvalue weighted by molar-refractivity contribution is 5.69. The van der Waals surface area contributed by atoms with Gasteiger partial charge in [0.2, 0.25) is 0 Å². The van der Waals surface area contributed by atoms with Crippen LogP contribution in [-0.4, -0.2) is 17.7 Å². The SMILES string of the molecule is CCCOC(=O)CCC(O)c1ccc(C)c(C)c1. The van der Waals surface area contributed by atoms with Gasteiger partial charge in [-0.3, -0.25) is 4.79 Å². The van der Waals surface area contributed by atoms with E-state index in [0.29, 0.717) is 13.0 Å². The van der Waals surface area contributed by atoms with Crippen LogP contribution in [0, 0.1) is 13.8 Å². The molecule has 0 heterocycles. The molecule has 0 bridgehead atoms. The van der Waals surface area contributed by atoms with Gasteiger partial charge in [0.15, 0.2) is 0 Å². The standard InChI is InChI=1S/C15H22O3/c1-4-9-18-15(17)8-7-14(16)13-6-5-11(2)12(3)10-13/h5-6,10,14,16H,4,7-9H2,1-3H3. The molecule has 100 valence electrons. The summed E-state index contributed by atoms with van der Waals surface area (Å²) in [6.07, 6.45) is 0.892. The maximum absolute atomic E-state index is 11.3. The molecule has 0 aliphatic carbocycles. The van der Waals surface area contributed by atoms with Gasteiger partial charge in [-0.1, -0.05) is 25.1 Å². The van der Waals surface area contributed by atoms with Crippen molar-refractivity contribution in [2.45, 2.75) is 46.1 Å². The second kappa shape index (κ2) is 7.17. The zero-order valence-corrected chi connectivity index (χ0v) is 11.4. The summed E-state index contributed by atoms with van der Waals surface area (Å²) in [7, 11) is 0. The first-order valence-corrected chi connectivity index (χ1v) is 6.45. The van der Waals surface area contributed by atoms with E-state index in [1.807, 2.05) is 39.0 Å². The minimum Gasteiger partial charge on any atom is -0.466 e. The fraction of sp³-hybridized carbons (Fsp3) is 0.533. The number of aliphatic hydroxyl groups excluding tert-OH is 1. The van der Waals surface area contributed by atoms with E-state index in [2.05, 4.69) is 0 Å². The van der Waals surface area contributed by atoms with E-state index in [-0.39, 0.29) is 12.4 Å². The Morgan fingerprint density at radius 1 is 1.33 bits per heavy atom. The topological polar surface area (TPSA) is 46.5 Å². The molecule has 1 rings (SSSR count). The van der Waals surface area contributed by atoms with E-state index >= 15 is 0 Å². The monoisotopic (exact) mass is 250 g/mol. The predicted octanol–water partition coefficient (Wildman–Crippen LogP) is 3.07. The predicted molar refractivity (Wildman–Crippen MR) is 71.4 cm³/mol. The summed E-state index contributed by atoms with van der Waals surface area (Å²) >= 11 is 0. The molecule has 1 atom stereocenters. The van der Waals surface area contributed by atoms with Crippen molar-refractivity contribution in [1.29, 1.82) is 0 Å². The molecule has 0 saturated heterocycles. The average Bonchev–Trinajstić information content (AvgIpc) is 2.36. The Kier molecular flexibility index (Phi) is 5.86. The van der Waals surface area contributed by atoms with Crippen molar-refractivity contribution in [2.24, 2.45) is 0 Å². The van der Waals surface area contributed by atoms with Gasteiger partial charge < -0.3 is 9.84 Å². The smallest absolute Gasteiger partial charge is 0.305 e. The number of hydrogen-bond acceptors (Lipinski definition) is 3. The number of rotatable bonds is 6. The Balaban J connectivity index is 2.47.